The maximum absolute atomic E-state index is 12.5. The van der Waals surface area contributed by atoms with E-state index in [1.54, 1.807) is 12.4 Å². The van der Waals surface area contributed by atoms with Crippen molar-refractivity contribution in [3.8, 4) is 0 Å². The van der Waals surface area contributed by atoms with Crippen LogP contribution in [0.25, 0.3) is 0 Å². The summed E-state index contributed by atoms with van der Waals surface area (Å²) < 4.78 is 0. The topological polar surface area (TPSA) is 54.9 Å². The SMILES string of the molecule is Cc1cccnc1C(=O)N[C@H](c1ncccc1C)C1CC1. The van der Waals surface area contributed by atoms with Crippen molar-refractivity contribution >= 4 is 5.91 Å². The Morgan fingerprint density at radius 2 is 1.81 bits per heavy atom. The first kappa shape index (κ1) is 13.7. The molecule has 0 saturated heterocycles. The van der Waals surface area contributed by atoms with Gasteiger partial charge in [0.15, 0.2) is 0 Å². The van der Waals surface area contributed by atoms with Gasteiger partial charge in [-0.2, -0.15) is 0 Å². The van der Waals surface area contributed by atoms with Crippen molar-refractivity contribution in [2.24, 2.45) is 5.92 Å². The molecule has 2 heterocycles. The number of nitrogens with zero attached hydrogens (tertiary/aromatic N) is 2. The third-order valence-electron chi connectivity index (χ3n) is 3.95. The monoisotopic (exact) mass is 281 g/mol. The lowest BCUT2D eigenvalue weighted by Crippen LogP contribution is -2.32. The van der Waals surface area contributed by atoms with Crippen molar-refractivity contribution in [2.45, 2.75) is 32.7 Å². The number of aromatic nitrogens is 2. The highest BCUT2D eigenvalue weighted by atomic mass is 16.2. The molecule has 0 aromatic carbocycles. The van der Waals surface area contributed by atoms with Crippen LogP contribution >= 0.6 is 0 Å². The predicted octanol–water partition coefficient (Wildman–Crippen LogP) is 2.97. The molecule has 21 heavy (non-hydrogen) atoms. The zero-order chi connectivity index (χ0) is 14.8. The molecule has 0 aliphatic heterocycles. The van der Waals surface area contributed by atoms with Gasteiger partial charge in [-0.3, -0.25) is 14.8 Å². The van der Waals surface area contributed by atoms with Crippen molar-refractivity contribution < 1.29 is 4.79 Å². The van der Waals surface area contributed by atoms with Gasteiger partial charge in [0.05, 0.1) is 11.7 Å². The zero-order valence-corrected chi connectivity index (χ0v) is 12.3. The smallest absolute Gasteiger partial charge is 0.270 e. The number of carbonyl (C=O) groups excluding carboxylic acids is 1. The van der Waals surface area contributed by atoms with E-state index in [1.807, 2.05) is 38.1 Å². The second-order valence-corrected chi connectivity index (χ2v) is 5.66. The van der Waals surface area contributed by atoms with Gasteiger partial charge in [-0.1, -0.05) is 12.1 Å². The summed E-state index contributed by atoms with van der Waals surface area (Å²) in [5, 5.41) is 3.13. The first-order valence-electron chi connectivity index (χ1n) is 7.31. The maximum atomic E-state index is 12.5. The molecular weight excluding hydrogens is 262 g/mol. The third kappa shape index (κ3) is 2.94. The molecule has 1 saturated carbocycles. The minimum Gasteiger partial charge on any atom is -0.342 e. The predicted molar refractivity (Wildman–Crippen MR) is 80.9 cm³/mol. The summed E-state index contributed by atoms with van der Waals surface area (Å²) in [5.41, 5.74) is 3.48. The van der Waals surface area contributed by atoms with Crippen molar-refractivity contribution in [1.29, 1.82) is 0 Å². The van der Waals surface area contributed by atoms with Gasteiger partial charge < -0.3 is 5.32 Å². The van der Waals surface area contributed by atoms with Crippen LogP contribution in [0, 0.1) is 19.8 Å². The number of aryl methyl sites for hydroxylation is 2. The molecule has 0 unspecified atom stereocenters. The quantitative estimate of drug-likeness (QED) is 0.937. The van der Waals surface area contributed by atoms with Crippen LogP contribution in [0.5, 0.6) is 0 Å². The molecule has 108 valence electrons. The second-order valence-electron chi connectivity index (χ2n) is 5.66. The molecule has 2 aromatic heterocycles. The fourth-order valence-electron chi connectivity index (χ4n) is 2.60. The standard InChI is InChI=1S/C17H19N3O/c1-11-5-3-9-18-14(11)16(13-7-8-13)20-17(21)15-12(2)6-4-10-19-15/h3-6,9-10,13,16H,7-8H2,1-2H3,(H,20,21)/t16-/m0/s1. The van der Waals surface area contributed by atoms with E-state index in [-0.39, 0.29) is 11.9 Å². The molecule has 1 aliphatic rings. The van der Waals surface area contributed by atoms with E-state index in [9.17, 15) is 4.79 Å². The molecule has 1 atom stereocenters. The molecule has 0 radical (unpaired) electrons. The van der Waals surface area contributed by atoms with Gasteiger partial charge >= 0.3 is 0 Å². The van der Waals surface area contributed by atoms with E-state index in [0.717, 1.165) is 29.7 Å². The largest absolute Gasteiger partial charge is 0.342 e. The summed E-state index contributed by atoms with van der Waals surface area (Å²) in [7, 11) is 0. The van der Waals surface area contributed by atoms with Crippen LogP contribution in [0.3, 0.4) is 0 Å². The summed E-state index contributed by atoms with van der Waals surface area (Å²) >= 11 is 0. The summed E-state index contributed by atoms with van der Waals surface area (Å²) in [6.45, 7) is 3.94. The lowest BCUT2D eigenvalue weighted by Gasteiger charge is -2.19. The molecule has 1 N–H and O–H groups in total. The first-order valence-corrected chi connectivity index (χ1v) is 7.31. The molecule has 1 aliphatic carbocycles. The highest BCUT2D eigenvalue weighted by Gasteiger charge is 2.35. The molecule has 1 amide bonds. The van der Waals surface area contributed by atoms with Crippen molar-refractivity contribution in [3.05, 3.63) is 59.2 Å². The normalized spacial score (nSPS) is 15.5. The van der Waals surface area contributed by atoms with Gasteiger partial charge in [-0.05, 0) is 55.9 Å². The average Bonchev–Trinajstić information content (AvgIpc) is 3.30. The molecular formula is C17H19N3O. The van der Waals surface area contributed by atoms with Crippen LogP contribution in [0.1, 0.15) is 46.2 Å². The maximum Gasteiger partial charge on any atom is 0.270 e. The number of rotatable bonds is 4. The molecule has 4 nitrogen and oxygen atoms in total. The Morgan fingerprint density at radius 1 is 1.14 bits per heavy atom. The van der Waals surface area contributed by atoms with E-state index in [2.05, 4.69) is 15.3 Å². The molecule has 4 heteroatoms. The Hall–Kier alpha value is -2.23. The minimum atomic E-state index is -0.116. The summed E-state index contributed by atoms with van der Waals surface area (Å²) in [5.74, 6) is 0.377. The Kier molecular flexibility index (Phi) is 3.69. The molecule has 0 bridgehead atoms. The van der Waals surface area contributed by atoms with Crippen LogP contribution in [-0.2, 0) is 0 Å². The molecule has 2 aromatic rings. The van der Waals surface area contributed by atoms with Crippen LogP contribution in [0.15, 0.2) is 36.7 Å². The van der Waals surface area contributed by atoms with Gasteiger partial charge in [0.2, 0.25) is 0 Å². The summed E-state index contributed by atoms with van der Waals surface area (Å²) in [6.07, 6.45) is 5.72. The highest BCUT2D eigenvalue weighted by molar-refractivity contribution is 5.93. The van der Waals surface area contributed by atoms with Crippen molar-refractivity contribution in [3.63, 3.8) is 0 Å². The van der Waals surface area contributed by atoms with Crippen LogP contribution in [0.4, 0.5) is 0 Å². The first-order chi connectivity index (χ1) is 10.2. The number of amides is 1. The van der Waals surface area contributed by atoms with Gasteiger partial charge in [0.25, 0.3) is 5.91 Å². The van der Waals surface area contributed by atoms with Gasteiger partial charge in [-0.15, -0.1) is 0 Å². The van der Waals surface area contributed by atoms with Crippen molar-refractivity contribution in [2.75, 3.05) is 0 Å². The Bertz CT molecular complexity index is 665. The molecule has 1 fully saturated rings. The number of hydrogen-bond donors (Lipinski definition) is 1. The third-order valence-corrected chi connectivity index (χ3v) is 3.95. The number of carbonyl (C=O) groups is 1. The van der Waals surface area contributed by atoms with E-state index < -0.39 is 0 Å². The van der Waals surface area contributed by atoms with Gasteiger partial charge in [0, 0.05) is 12.4 Å². The molecule has 0 spiro atoms. The Labute approximate surface area is 124 Å². The summed E-state index contributed by atoms with van der Waals surface area (Å²) in [6, 6.07) is 7.69. The molecule has 3 rings (SSSR count). The Morgan fingerprint density at radius 3 is 2.43 bits per heavy atom. The number of pyridine rings is 2. The highest BCUT2D eigenvalue weighted by Crippen LogP contribution is 2.41. The van der Waals surface area contributed by atoms with Crippen molar-refractivity contribution in [1.82, 2.24) is 15.3 Å². The fraction of sp³-hybridized carbons (Fsp3) is 0.353. The Balaban J connectivity index is 1.85. The van der Waals surface area contributed by atoms with Gasteiger partial charge in [0.1, 0.15) is 5.69 Å². The van der Waals surface area contributed by atoms with E-state index in [0.29, 0.717) is 11.6 Å². The van der Waals surface area contributed by atoms with Crippen LogP contribution in [-0.4, -0.2) is 15.9 Å². The minimum absolute atomic E-state index is 0.0138. The number of hydrogen-bond acceptors (Lipinski definition) is 3. The van der Waals surface area contributed by atoms with Gasteiger partial charge in [-0.25, -0.2) is 0 Å². The van der Waals surface area contributed by atoms with Crippen LogP contribution in [0.2, 0.25) is 0 Å². The summed E-state index contributed by atoms with van der Waals surface area (Å²) in [4.78, 5) is 21.2. The zero-order valence-electron chi connectivity index (χ0n) is 12.3. The van der Waals surface area contributed by atoms with Crippen LogP contribution < -0.4 is 5.32 Å². The lowest BCUT2D eigenvalue weighted by molar-refractivity contribution is 0.0925. The second kappa shape index (κ2) is 5.64. The van der Waals surface area contributed by atoms with E-state index in [1.165, 1.54) is 0 Å². The lowest BCUT2D eigenvalue weighted by atomic mass is 10.0. The average molecular weight is 281 g/mol. The number of nitrogens with one attached hydrogen (secondary N) is 1. The van der Waals surface area contributed by atoms with E-state index >= 15 is 0 Å². The van der Waals surface area contributed by atoms with E-state index in [4.69, 9.17) is 0 Å². The fourth-order valence-corrected chi connectivity index (χ4v) is 2.60.